The van der Waals surface area contributed by atoms with Gasteiger partial charge in [-0.1, -0.05) is 12.1 Å². The van der Waals surface area contributed by atoms with E-state index < -0.39 is 0 Å². The molecule has 6 heteroatoms. The van der Waals surface area contributed by atoms with Crippen molar-refractivity contribution in [3.8, 4) is 11.5 Å². The number of benzene rings is 1. The van der Waals surface area contributed by atoms with E-state index in [0.717, 1.165) is 49.1 Å². The Balaban J connectivity index is 1.47. The molecule has 0 saturated heterocycles. The van der Waals surface area contributed by atoms with Crippen LogP contribution in [0.2, 0.25) is 0 Å². The molecule has 0 fully saturated rings. The summed E-state index contributed by atoms with van der Waals surface area (Å²) in [6.45, 7) is 4.71. The second-order valence-corrected chi connectivity index (χ2v) is 5.70. The van der Waals surface area contributed by atoms with Crippen LogP contribution in [0.15, 0.2) is 47.6 Å². The van der Waals surface area contributed by atoms with Gasteiger partial charge in [0.1, 0.15) is 0 Å². The second kappa shape index (κ2) is 8.92. The number of aromatic nitrogens is 1. The van der Waals surface area contributed by atoms with Gasteiger partial charge in [-0.05, 0) is 43.2 Å². The van der Waals surface area contributed by atoms with Crippen LogP contribution in [0.4, 0.5) is 0 Å². The highest BCUT2D eigenvalue weighted by molar-refractivity contribution is 5.79. The molecule has 2 aromatic rings. The number of ether oxygens (including phenoxy) is 2. The molecule has 0 amide bonds. The molecule has 1 aromatic heterocycles. The molecule has 0 atom stereocenters. The zero-order chi connectivity index (χ0) is 17.3. The Morgan fingerprint density at radius 2 is 2.04 bits per heavy atom. The van der Waals surface area contributed by atoms with E-state index in [4.69, 9.17) is 9.47 Å². The van der Waals surface area contributed by atoms with Crippen molar-refractivity contribution in [2.45, 2.75) is 19.8 Å². The molecule has 132 valence electrons. The molecular formula is C19H24N4O2. The van der Waals surface area contributed by atoms with Gasteiger partial charge in [0.2, 0.25) is 6.79 Å². The summed E-state index contributed by atoms with van der Waals surface area (Å²) in [5.74, 6) is 2.48. The van der Waals surface area contributed by atoms with Crippen molar-refractivity contribution in [3.05, 3.63) is 53.9 Å². The molecule has 0 saturated carbocycles. The third-order valence-electron chi connectivity index (χ3n) is 3.85. The van der Waals surface area contributed by atoms with Crippen LogP contribution in [0.5, 0.6) is 11.5 Å². The molecule has 0 spiro atoms. The predicted octanol–water partition coefficient (Wildman–Crippen LogP) is 2.15. The average molecular weight is 340 g/mol. The zero-order valence-corrected chi connectivity index (χ0v) is 14.5. The summed E-state index contributed by atoms with van der Waals surface area (Å²) >= 11 is 0. The molecule has 1 aromatic carbocycles. The fraction of sp³-hybridized carbons (Fsp3) is 0.368. The van der Waals surface area contributed by atoms with Crippen LogP contribution >= 0.6 is 0 Å². The van der Waals surface area contributed by atoms with Crippen LogP contribution in [0.3, 0.4) is 0 Å². The van der Waals surface area contributed by atoms with E-state index in [-0.39, 0.29) is 0 Å². The van der Waals surface area contributed by atoms with Gasteiger partial charge in [-0.3, -0.25) is 9.98 Å². The Hall–Kier alpha value is -2.76. The molecule has 0 bridgehead atoms. The van der Waals surface area contributed by atoms with Crippen molar-refractivity contribution >= 4 is 5.96 Å². The highest BCUT2D eigenvalue weighted by Gasteiger charge is 2.12. The number of hydrogen-bond acceptors (Lipinski definition) is 4. The second-order valence-electron chi connectivity index (χ2n) is 5.70. The van der Waals surface area contributed by atoms with Gasteiger partial charge in [-0.2, -0.15) is 0 Å². The van der Waals surface area contributed by atoms with Gasteiger partial charge >= 0.3 is 0 Å². The minimum absolute atomic E-state index is 0.310. The van der Waals surface area contributed by atoms with E-state index in [1.54, 1.807) is 0 Å². The van der Waals surface area contributed by atoms with E-state index in [1.165, 1.54) is 5.56 Å². The SMILES string of the molecule is CCNC(=NCCc1ccccn1)NCCc1ccc2c(c1)OCO2. The lowest BCUT2D eigenvalue weighted by molar-refractivity contribution is 0.174. The number of fused-ring (bicyclic) bond motifs is 1. The van der Waals surface area contributed by atoms with Gasteiger partial charge < -0.3 is 20.1 Å². The Labute approximate surface area is 148 Å². The smallest absolute Gasteiger partial charge is 0.231 e. The third-order valence-corrected chi connectivity index (χ3v) is 3.85. The number of hydrogen-bond donors (Lipinski definition) is 2. The van der Waals surface area contributed by atoms with Gasteiger partial charge in [0.15, 0.2) is 17.5 Å². The lowest BCUT2D eigenvalue weighted by Crippen LogP contribution is -2.38. The molecule has 25 heavy (non-hydrogen) atoms. The average Bonchev–Trinajstić information content (AvgIpc) is 3.10. The van der Waals surface area contributed by atoms with Crippen LogP contribution in [0.25, 0.3) is 0 Å². The van der Waals surface area contributed by atoms with Crippen LogP contribution in [-0.2, 0) is 12.8 Å². The van der Waals surface area contributed by atoms with Crippen LogP contribution in [0.1, 0.15) is 18.2 Å². The number of rotatable bonds is 7. The Kier molecular flexibility index (Phi) is 6.09. The minimum Gasteiger partial charge on any atom is -0.454 e. The van der Waals surface area contributed by atoms with Crippen LogP contribution < -0.4 is 20.1 Å². The first-order valence-electron chi connectivity index (χ1n) is 8.66. The molecule has 1 aliphatic heterocycles. The summed E-state index contributed by atoms with van der Waals surface area (Å²) < 4.78 is 10.8. The Morgan fingerprint density at radius 3 is 2.88 bits per heavy atom. The summed E-state index contributed by atoms with van der Waals surface area (Å²) in [5, 5.41) is 6.64. The first-order valence-corrected chi connectivity index (χ1v) is 8.66. The highest BCUT2D eigenvalue weighted by Crippen LogP contribution is 2.32. The fourth-order valence-corrected chi connectivity index (χ4v) is 2.59. The van der Waals surface area contributed by atoms with E-state index in [2.05, 4.69) is 33.6 Å². The molecule has 0 radical (unpaired) electrons. The largest absolute Gasteiger partial charge is 0.454 e. The molecule has 3 rings (SSSR count). The minimum atomic E-state index is 0.310. The van der Waals surface area contributed by atoms with Gasteiger partial charge in [0.05, 0.1) is 0 Å². The van der Waals surface area contributed by atoms with Crippen molar-refractivity contribution in [2.24, 2.45) is 4.99 Å². The lowest BCUT2D eigenvalue weighted by Gasteiger charge is -2.11. The highest BCUT2D eigenvalue weighted by atomic mass is 16.7. The van der Waals surface area contributed by atoms with Crippen molar-refractivity contribution < 1.29 is 9.47 Å². The molecule has 2 N–H and O–H groups in total. The van der Waals surface area contributed by atoms with Crippen molar-refractivity contribution in [1.82, 2.24) is 15.6 Å². The van der Waals surface area contributed by atoms with Crippen molar-refractivity contribution in [2.75, 3.05) is 26.4 Å². The van der Waals surface area contributed by atoms with E-state index in [1.807, 2.05) is 36.5 Å². The summed E-state index contributed by atoms with van der Waals surface area (Å²) in [7, 11) is 0. The first-order chi connectivity index (χ1) is 12.3. The van der Waals surface area contributed by atoms with Crippen molar-refractivity contribution in [3.63, 3.8) is 0 Å². The standard InChI is InChI=1S/C19H24N4O2/c1-2-20-19(23-12-9-16-5-3-4-10-21-16)22-11-8-15-6-7-17-18(13-15)25-14-24-17/h3-7,10,13H,2,8-9,11-12,14H2,1H3,(H2,20,22,23). The summed E-state index contributed by atoms with van der Waals surface area (Å²) in [6.07, 6.45) is 3.54. The third kappa shape index (κ3) is 5.11. The van der Waals surface area contributed by atoms with Crippen LogP contribution in [0, 0.1) is 0 Å². The molecule has 1 aliphatic rings. The Bertz CT molecular complexity index is 704. The fourth-order valence-electron chi connectivity index (χ4n) is 2.59. The number of nitrogens with one attached hydrogen (secondary N) is 2. The van der Waals surface area contributed by atoms with E-state index >= 15 is 0 Å². The lowest BCUT2D eigenvalue weighted by atomic mass is 10.1. The molecule has 0 unspecified atom stereocenters. The van der Waals surface area contributed by atoms with Crippen LogP contribution in [-0.4, -0.2) is 37.4 Å². The normalized spacial score (nSPS) is 12.9. The molecule has 2 heterocycles. The quantitative estimate of drug-likeness (QED) is 0.597. The maximum absolute atomic E-state index is 5.42. The topological polar surface area (TPSA) is 67.8 Å². The summed E-state index contributed by atoms with van der Waals surface area (Å²) in [6, 6.07) is 12.0. The zero-order valence-electron chi connectivity index (χ0n) is 14.5. The number of aliphatic imine (C=N–C) groups is 1. The predicted molar refractivity (Wildman–Crippen MR) is 98.2 cm³/mol. The summed E-state index contributed by atoms with van der Waals surface area (Å²) in [4.78, 5) is 8.93. The van der Waals surface area contributed by atoms with Gasteiger partial charge in [0, 0.05) is 37.9 Å². The molecule has 6 nitrogen and oxygen atoms in total. The maximum atomic E-state index is 5.42. The van der Waals surface area contributed by atoms with Gasteiger partial charge in [-0.25, -0.2) is 0 Å². The summed E-state index contributed by atoms with van der Waals surface area (Å²) in [5.41, 5.74) is 2.27. The molecule has 0 aliphatic carbocycles. The number of nitrogens with zero attached hydrogens (tertiary/aromatic N) is 2. The van der Waals surface area contributed by atoms with E-state index in [9.17, 15) is 0 Å². The Morgan fingerprint density at radius 1 is 1.12 bits per heavy atom. The van der Waals surface area contributed by atoms with E-state index in [0.29, 0.717) is 13.3 Å². The number of guanidine groups is 1. The number of pyridine rings is 1. The van der Waals surface area contributed by atoms with Gasteiger partial charge in [-0.15, -0.1) is 0 Å². The monoisotopic (exact) mass is 340 g/mol. The van der Waals surface area contributed by atoms with Crippen molar-refractivity contribution in [1.29, 1.82) is 0 Å². The van der Waals surface area contributed by atoms with Gasteiger partial charge in [0.25, 0.3) is 0 Å². The first kappa shape index (κ1) is 17.1. The molecular weight excluding hydrogens is 316 g/mol. The maximum Gasteiger partial charge on any atom is 0.231 e.